The molecule has 0 bridgehead atoms. The fraction of sp³-hybridized carbons (Fsp3) is 0.235. The lowest BCUT2D eigenvalue weighted by Gasteiger charge is -2.12. The van der Waals surface area contributed by atoms with Crippen LogP contribution < -0.4 is 14.8 Å². The van der Waals surface area contributed by atoms with Gasteiger partial charge in [0, 0.05) is 15.4 Å². The SMILES string of the molecule is O=C(Cc1cc(Cl)c2c(c1)OCCCO2)Nc1cc(Br)ccc1Br. The number of anilines is 1. The van der Waals surface area contributed by atoms with Crippen LogP contribution in [0.2, 0.25) is 5.02 Å². The first-order valence-corrected chi connectivity index (χ1v) is 9.32. The van der Waals surface area contributed by atoms with E-state index in [1.165, 1.54) is 0 Å². The molecule has 1 aliphatic heterocycles. The number of rotatable bonds is 3. The van der Waals surface area contributed by atoms with Gasteiger partial charge in [0.25, 0.3) is 0 Å². The molecule has 7 heteroatoms. The Labute approximate surface area is 161 Å². The molecule has 0 radical (unpaired) electrons. The van der Waals surface area contributed by atoms with Crippen molar-refractivity contribution in [1.29, 1.82) is 0 Å². The van der Waals surface area contributed by atoms with Crippen molar-refractivity contribution < 1.29 is 14.3 Å². The van der Waals surface area contributed by atoms with Gasteiger partial charge in [-0.15, -0.1) is 0 Å². The van der Waals surface area contributed by atoms with Gasteiger partial charge in [-0.05, 0) is 51.8 Å². The van der Waals surface area contributed by atoms with E-state index in [2.05, 4.69) is 37.2 Å². The maximum Gasteiger partial charge on any atom is 0.228 e. The Morgan fingerprint density at radius 1 is 1.17 bits per heavy atom. The fourth-order valence-corrected chi connectivity index (χ4v) is 3.35. The Balaban J connectivity index is 1.76. The van der Waals surface area contributed by atoms with E-state index in [0.717, 1.165) is 20.9 Å². The summed E-state index contributed by atoms with van der Waals surface area (Å²) in [6.07, 6.45) is 0.993. The van der Waals surface area contributed by atoms with Gasteiger partial charge in [0.1, 0.15) is 0 Å². The highest BCUT2D eigenvalue weighted by atomic mass is 79.9. The van der Waals surface area contributed by atoms with Gasteiger partial charge in [-0.3, -0.25) is 4.79 Å². The summed E-state index contributed by atoms with van der Waals surface area (Å²) in [5.41, 5.74) is 1.47. The van der Waals surface area contributed by atoms with Crippen molar-refractivity contribution in [3.05, 3.63) is 49.9 Å². The zero-order valence-electron chi connectivity index (χ0n) is 12.6. The largest absolute Gasteiger partial charge is 0.489 e. The van der Waals surface area contributed by atoms with Crippen molar-refractivity contribution >= 4 is 55.1 Å². The molecule has 0 aromatic heterocycles. The number of ether oxygens (including phenoxy) is 2. The maximum atomic E-state index is 12.3. The number of amides is 1. The molecule has 1 N–H and O–H groups in total. The highest BCUT2D eigenvalue weighted by molar-refractivity contribution is 9.11. The Morgan fingerprint density at radius 3 is 2.79 bits per heavy atom. The van der Waals surface area contributed by atoms with Crippen LogP contribution in [0.3, 0.4) is 0 Å². The molecule has 24 heavy (non-hydrogen) atoms. The van der Waals surface area contributed by atoms with E-state index in [1.54, 1.807) is 6.07 Å². The van der Waals surface area contributed by atoms with Crippen LogP contribution in [0.15, 0.2) is 39.3 Å². The molecular formula is C17H14Br2ClNO3. The average Bonchev–Trinajstić information content (AvgIpc) is 2.76. The lowest BCUT2D eigenvalue weighted by Crippen LogP contribution is -2.15. The van der Waals surface area contributed by atoms with Crippen LogP contribution in [0.4, 0.5) is 5.69 Å². The van der Waals surface area contributed by atoms with E-state index in [1.807, 2.05) is 24.3 Å². The summed E-state index contributed by atoms with van der Waals surface area (Å²) in [5.74, 6) is 0.999. The van der Waals surface area contributed by atoms with Gasteiger partial charge in [0.2, 0.25) is 5.91 Å². The minimum atomic E-state index is -0.139. The van der Waals surface area contributed by atoms with Crippen LogP contribution in [-0.2, 0) is 11.2 Å². The summed E-state index contributed by atoms with van der Waals surface area (Å²) < 4.78 is 12.9. The van der Waals surface area contributed by atoms with Crippen molar-refractivity contribution in [1.82, 2.24) is 0 Å². The molecule has 126 valence electrons. The topological polar surface area (TPSA) is 47.6 Å². The third-order valence-electron chi connectivity index (χ3n) is 3.43. The summed E-state index contributed by atoms with van der Waals surface area (Å²) >= 11 is 13.1. The highest BCUT2D eigenvalue weighted by Gasteiger charge is 2.17. The molecule has 2 aromatic carbocycles. The van der Waals surface area contributed by atoms with E-state index in [-0.39, 0.29) is 12.3 Å². The van der Waals surface area contributed by atoms with Crippen molar-refractivity contribution in [2.45, 2.75) is 12.8 Å². The second-order valence-electron chi connectivity index (χ2n) is 5.30. The molecule has 1 aliphatic rings. The summed E-state index contributed by atoms with van der Waals surface area (Å²) in [7, 11) is 0. The van der Waals surface area contributed by atoms with Gasteiger partial charge in [0.05, 0.1) is 30.3 Å². The van der Waals surface area contributed by atoms with E-state index in [9.17, 15) is 4.79 Å². The van der Waals surface area contributed by atoms with E-state index < -0.39 is 0 Å². The van der Waals surface area contributed by atoms with Gasteiger partial charge < -0.3 is 14.8 Å². The normalized spacial score (nSPS) is 13.3. The second-order valence-corrected chi connectivity index (χ2v) is 7.48. The predicted molar refractivity (Wildman–Crippen MR) is 101 cm³/mol. The minimum absolute atomic E-state index is 0.139. The molecule has 1 amide bonds. The zero-order chi connectivity index (χ0) is 17.1. The molecule has 0 saturated carbocycles. The Morgan fingerprint density at radius 2 is 1.96 bits per heavy atom. The van der Waals surface area contributed by atoms with Gasteiger partial charge in [-0.1, -0.05) is 27.5 Å². The first kappa shape index (κ1) is 17.6. The highest BCUT2D eigenvalue weighted by Crippen LogP contribution is 2.38. The molecule has 4 nitrogen and oxygen atoms in total. The Kier molecular flexibility index (Phi) is 5.69. The Bertz CT molecular complexity index is 783. The summed E-state index contributed by atoms with van der Waals surface area (Å²) in [4.78, 5) is 12.3. The van der Waals surface area contributed by atoms with Crippen molar-refractivity contribution in [2.75, 3.05) is 18.5 Å². The molecule has 3 rings (SSSR count). The number of hydrogen-bond donors (Lipinski definition) is 1. The van der Waals surface area contributed by atoms with Crippen LogP contribution in [0.1, 0.15) is 12.0 Å². The van der Waals surface area contributed by atoms with Crippen LogP contribution in [0, 0.1) is 0 Å². The van der Waals surface area contributed by atoms with Crippen molar-refractivity contribution in [3.63, 3.8) is 0 Å². The van der Waals surface area contributed by atoms with Crippen LogP contribution >= 0.6 is 43.5 Å². The molecule has 0 atom stereocenters. The fourth-order valence-electron chi connectivity index (χ4n) is 2.36. The zero-order valence-corrected chi connectivity index (χ0v) is 16.5. The summed E-state index contributed by atoms with van der Waals surface area (Å²) in [6.45, 7) is 1.15. The lowest BCUT2D eigenvalue weighted by atomic mass is 10.1. The molecular weight excluding hydrogens is 461 g/mol. The summed E-state index contributed by atoms with van der Waals surface area (Å²) in [6, 6.07) is 9.14. The molecule has 0 fully saturated rings. The number of carbonyl (C=O) groups excluding carboxylic acids is 1. The smallest absolute Gasteiger partial charge is 0.228 e. The van der Waals surface area contributed by atoms with Gasteiger partial charge >= 0.3 is 0 Å². The summed E-state index contributed by atoms with van der Waals surface area (Å²) in [5, 5.41) is 3.34. The van der Waals surface area contributed by atoms with E-state index >= 15 is 0 Å². The molecule has 0 saturated heterocycles. The third-order valence-corrected chi connectivity index (χ3v) is 4.89. The van der Waals surface area contributed by atoms with Crippen LogP contribution in [-0.4, -0.2) is 19.1 Å². The monoisotopic (exact) mass is 473 g/mol. The number of hydrogen-bond acceptors (Lipinski definition) is 3. The van der Waals surface area contributed by atoms with Crippen LogP contribution in [0.5, 0.6) is 11.5 Å². The maximum absolute atomic E-state index is 12.3. The van der Waals surface area contributed by atoms with Crippen molar-refractivity contribution in [3.8, 4) is 11.5 Å². The molecule has 2 aromatic rings. The number of benzene rings is 2. The van der Waals surface area contributed by atoms with E-state index in [4.69, 9.17) is 21.1 Å². The van der Waals surface area contributed by atoms with Gasteiger partial charge in [-0.25, -0.2) is 0 Å². The van der Waals surface area contributed by atoms with E-state index in [0.29, 0.717) is 35.4 Å². The number of nitrogens with one attached hydrogen (secondary N) is 1. The third kappa shape index (κ3) is 4.23. The van der Waals surface area contributed by atoms with Crippen molar-refractivity contribution in [2.24, 2.45) is 0 Å². The first-order valence-electron chi connectivity index (χ1n) is 7.36. The lowest BCUT2D eigenvalue weighted by molar-refractivity contribution is -0.115. The average molecular weight is 476 g/mol. The standard InChI is InChI=1S/C17H14Br2ClNO3/c18-11-2-3-12(19)14(9-11)21-16(22)8-10-6-13(20)17-15(7-10)23-4-1-5-24-17/h2-3,6-7,9H,1,4-5,8H2,(H,21,22). The van der Waals surface area contributed by atoms with Crippen LogP contribution in [0.25, 0.3) is 0 Å². The first-order chi connectivity index (χ1) is 11.5. The molecule has 0 unspecified atom stereocenters. The number of carbonyl (C=O) groups is 1. The second kappa shape index (κ2) is 7.76. The van der Waals surface area contributed by atoms with Gasteiger partial charge in [0.15, 0.2) is 11.5 Å². The quantitative estimate of drug-likeness (QED) is 0.663. The molecule has 0 aliphatic carbocycles. The predicted octanol–water partition coefficient (Wildman–Crippen LogP) is 5.21. The number of fused-ring (bicyclic) bond motifs is 1. The molecule has 1 heterocycles. The number of halogens is 3. The minimum Gasteiger partial charge on any atom is -0.489 e. The Hall–Kier alpha value is -1.24. The molecule has 0 spiro atoms. The van der Waals surface area contributed by atoms with Gasteiger partial charge in [-0.2, -0.15) is 0 Å².